The Bertz CT molecular complexity index is 385. The highest BCUT2D eigenvalue weighted by atomic mass is 16.5. The zero-order valence-electron chi connectivity index (χ0n) is 11.7. The summed E-state index contributed by atoms with van der Waals surface area (Å²) in [6.07, 6.45) is 1.87. The number of esters is 1. The van der Waals surface area contributed by atoms with Crippen molar-refractivity contribution < 1.29 is 14.6 Å². The van der Waals surface area contributed by atoms with E-state index in [1.165, 1.54) is 0 Å². The van der Waals surface area contributed by atoms with Crippen LogP contribution in [-0.2, 0) is 9.53 Å². The smallest absolute Gasteiger partial charge is 0.327 e. The highest BCUT2D eigenvalue weighted by molar-refractivity contribution is 5.95. The Labute approximate surface area is 108 Å². The predicted octanol–water partition coefficient (Wildman–Crippen LogP) is 1.81. The molecule has 0 aromatic heterocycles. The molecular formula is C14H23NO3. The number of hydrogen-bond acceptors (Lipinski definition) is 4. The van der Waals surface area contributed by atoms with Gasteiger partial charge >= 0.3 is 5.97 Å². The van der Waals surface area contributed by atoms with E-state index in [1.807, 2.05) is 6.92 Å². The minimum atomic E-state index is -0.870. The molecule has 0 aliphatic heterocycles. The summed E-state index contributed by atoms with van der Waals surface area (Å²) in [5.74, 6) is 0.521. The molecule has 3 fully saturated rings. The fourth-order valence-electron chi connectivity index (χ4n) is 3.55. The fraction of sp³-hybridized carbons (Fsp3) is 0.857. The second-order valence-corrected chi connectivity index (χ2v) is 6.23. The molecule has 2 bridgehead atoms. The molecule has 1 N–H and O–H groups in total. The third kappa shape index (κ3) is 1.96. The maximum Gasteiger partial charge on any atom is 0.327 e. The van der Waals surface area contributed by atoms with Gasteiger partial charge in [0.05, 0.1) is 6.61 Å². The van der Waals surface area contributed by atoms with Crippen molar-refractivity contribution in [1.29, 1.82) is 0 Å². The van der Waals surface area contributed by atoms with E-state index >= 15 is 0 Å². The number of fused-ring (bicyclic) bond motifs is 2. The number of aliphatic imine (C=N–C) groups is 1. The Hall–Kier alpha value is -0.900. The second kappa shape index (κ2) is 4.34. The maximum absolute atomic E-state index is 11.3. The zero-order valence-corrected chi connectivity index (χ0v) is 11.7. The highest BCUT2D eigenvalue weighted by Crippen LogP contribution is 2.61. The number of nitrogens with zero attached hydrogens (tertiary/aromatic N) is 1. The van der Waals surface area contributed by atoms with Crippen molar-refractivity contribution >= 4 is 11.7 Å². The van der Waals surface area contributed by atoms with E-state index in [9.17, 15) is 9.90 Å². The van der Waals surface area contributed by atoms with Gasteiger partial charge in [0.25, 0.3) is 0 Å². The molecule has 0 saturated heterocycles. The highest BCUT2D eigenvalue weighted by Gasteiger charge is 2.61. The van der Waals surface area contributed by atoms with Gasteiger partial charge in [-0.15, -0.1) is 0 Å². The van der Waals surface area contributed by atoms with Crippen LogP contribution in [0.1, 0.15) is 40.5 Å². The molecule has 3 atom stereocenters. The third-order valence-electron chi connectivity index (χ3n) is 4.88. The minimum absolute atomic E-state index is 0.0270. The number of carbonyl (C=O) groups excluding carboxylic acids is 1. The van der Waals surface area contributed by atoms with Gasteiger partial charge < -0.3 is 9.84 Å². The van der Waals surface area contributed by atoms with Crippen molar-refractivity contribution in [2.75, 3.05) is 13.2 Å². The summed E-state index contributed by atoms with van der Waals surface area (Å²) >= 11 is 0. The molecule has 0 spiro atoms. The van der Waals surface area contributed by atoms with Crippen molar-refractivity contribution in [1.82, 2.24) is 0 Å². The molecule has 0 amide bonds. The second-order valence-electron chi connectivity index (χ2n) is 6.23. The molecule has 0 radical (unpaired) electrons. The molecule has 0 unspecified atom stereocenters. The van der Waals surface area contributed by atoms with Crippen molar-refractivity contribution in [3.05, 3.63) is 0 Å². The quantitative estimate of drug-likeness (QED) is 0.780. The molecule has 3 aliphatic rings. The molecule has 0 aromatic carbocycles. The normalized spacial score (nSPS) is 39.3. The van der Waals surface area contributed by atoms with E-state index in [-0.39, 0.29) is 23.8 Å². The van der Waals surface area contributed by atoms with Gasteiger partial charge in [-0.1, -0.05) is 13.8 Å². The maximum atomic E-state index is 11.3. The van der Waals surface area contributed by atoms with Crippen LogP contribution in [0.4, 0.5) is 0 Å². The van der Waals surface area contributed by atoms with Gasteiger partial charge in [0, 0.05) is 5.71 Å². The van der Waals surface area contributed by atoms with E-state index in [4.69, 9.17) is 4.74 Å². The molecular weight excluding hydrogens is 230 g/mol. The molecule has 4 heteroatoms. The average Bonchev–Trinajstić information content (AvgIpc) is 2.26. The van der Waals surface area contributed by atoms with Crippen LogP contribution in [0.2, 0.25) is 0 Å². The first kappa shape index (κ1) is 13.5. The third-order valence-corrected chi connectivity index (χ3v) is 4.88. The fourth-order valence-corrected chi connectivity index (χ4v) is 3.55. The van der Waals surface area contributed by atoms with Crippen LogP contribution in [0.3, 0.4) is 0 Å². The van der Waals surface area contributed by atoms with Gasteiger partial charge in [-0.3, -0.25) is 9.79 Å². The Balaban J connectivity index is 2.08. The molecule has 3 aliphatic carbocycles. The molecule has 18 heavy (non-hydrogen) atoms. The number of hydrogen-bond donors (Lipinski definition) is 1. The van der Waals surface area contributed by atoms with Crippen molar-refractivity contribution in [3.63, 3.8) is 0 Å². The molecule has 4 nitrogen and oxygen atoms in total. The summed E-state index contributed by atoms with van der Waals surface area (Å²) in [4.78, 5) is 15.6. The minimum Gasteiger partial charge on any atom is -0.465 e. The Morgan fingerprint density at radius 2 is 2.17 bits per heavy atom. The standard InChI is InChI=1S/C14H23NO3/c1-5-18-12(16)8-15-11-7-9-6-10(13(9,2)3)14(11,4)17/h9-10,17H,5-8H2,1-4H3/t9-,10-,14-/m1/s1. The van der Waals surface area contributed by atoms with Gasteiger partial charge in [0.2, 0.25) is 0 Å². The van der Waals surface area contributed by atoms with Crippen LogP contribution >= 0.6 is 0 Å². The van der Waals surface area contributed by atoms with E-state index in [2.05, 4.69) is 18.8 Å². The van der Waals surface area contributed by atoms with Gasteiger partial charge in [0.1, 0.15) is 12.1 Å². The topological polar surface area (TPSA) is 58.9 Å². The molecule has 102 valence electrons. The lowest BCUT2D eigenvalue weighted by atomic mass is 9.44. The number of rotatable bonds is 3. The van der Waals surface area contributed by atoms with Gasteiger partial charge in [-0.05, 0) is 43.9 Å². The van der Waals surface area contributed by atoms with E-state index < -0.39 is 5.60 Å². The van der Waals surface area contributed by atoms with Crippen LogP contribution in [-0.4, -0.2) is 35.5 Å². The lowest BCUT2D eigenvalue weighted by Gasteiger charge is -2.62. The molecule has 0 heterocycles. The molecule has 3 saturated carbocycles. The summed E-state index contributed by atoms with van der Waals surface area (Å²) in [6.45, 7) is 8.43. The van der Waals surface area contributed by atoms with Crippen molar-refractivity contribution in [2.24, 2.45) is 22.2 Å². The van der Waals surface area contributed by atoms with Crippen LogP contribution < -0.4 is 0 Å². The van der Waals surface area contributed by atoms with Crippen LogP contribution in [0.15, 0.2) is 4.99 Å². The van der Waals surface area contributed by atoms with E-state index in [0.29, 0.717) is 12.5 Å². The van der Waals surface area contributed by atoms with Crippen LogP contribution in [0.5, 0.6) is 0 Å². The molecule has 3 rings (SSSR count). The Morgan fingerprint density at radius 1 is 1.50 bits per heavy atom. The van der Waals surface area contributed by atoms with Crippen molar-refractivity contribution in [2.45, 2.75) is 46.1 Å². The van der Waals surface area contributed by atoms with Crippen LogP contribution in [0, 0.1) is 17.3 Å². The van der Waals surface area contributed by atoms with Gasteiger partial charge in [-0.25, -0.2) is 0 Å². The number of ether oxygens (including phenoxy) is 1. The number of carbonyl (C=O) groups is 1. The summed E-state index contributed by atoms with van der Waals surface area (Å²) in [5.41, 5.74) is 0.0909. The largest absolute Gasteiger partial charge is 0.465 e. The summed E-state index contributed by atoms with van der Waals surface area (Å²) in [5, 5.41) is 10.6. The lowest BCUT2D eigenvalue weighted by molar-refractivity contribution is -0.141. The Kier molecular flexibility index (Phi) is 3.26. The summed E-state index contributed by atoms with van der Waals surface area (Å²) in [6, 6.07) is 0. The lowest BCUT2D eigenvalue weighted by Crippen LogP contribution is -2.64. The zero-order chi connectivity index (χ0) is 13.6. The summed E-state index contributed by atoms with van der Waals surface area (Å²) < 4.78 is 4.85. The SMILES string of the molecule is CCOC(=O)CN=C1C[C@H]2C[C@H](C2(C)C)[C@@]1(C)O. The summed E-state index contributed by atoms with van der Waals surface area (Å²) in [7, 11) is 0. The monoisotopic (exact) mass is 253 g/mol. The average molecular weight is 253 g/mol. The van der Waals surface area contributed by atoms with E-state index in [1.54, 1.807) is 6.92 Å². The first-order valence-corrected chi connectivity index (χ1v) is 6.72. The number of aliphatic hydroxyl groups is 1. The van der Waals surface area contributed by atoms with E-state index in [0.717, 1.165) is 18.6 Å². The van der Waals surface area contributed by atoms with Crippen molar-refractivity contribution in [3.8, 4) is 0 Å². The van der Waals surface area contributed by atoms with Gasteiger partial charge in [-0.2, -0.15) is 0 Å². The van der Waals surface area contributed by atoms with Crippen LogP contribution in [0.25, 0.3) is 0 Å². The molecule has 0 aromatic rings. The first-order chi connectivity index (χ1) is 8.30. The Morgan fingerprint density at radius 3 is 2.67 bits per heavy atom. The predicted molar refractivity (Wildman–Crippen MR) is 69.6 cm³/mol. The first-order valence-electron chi connectivity index (χ1n) is 6.72. The van der Waals surface area contributed by atoms with Gasteiger partial charge in [0.15, 0.2) is 0 Å².